The summed E-state index contributed by atoms with van der Waals surface area (Å²) in [5.74, 6) is -4.10. The van der Waals surface area contributed by atoms with Gasteiger partial charge < -0.3 is 9.47 Å². The molecule has 3 aromatic rings. The third-order valence-corrected chi connectivity index (χ3v) is 4.08. The van der Waals surface area contributed by atoms with Crippen molar-refractivity contribution in [2.45, 2.75) is 6.92 Å². The zero-order chi connectivity index (χ0) is 20.4. The summed E-state index contributed by atoms with van der Waals surface area (Å²) in [6, 6.07) is 10.8. The Hall–Kier alpha value is -3.55. The summed E-state index contributed by atoms with van der Waals surface area (Å²) in [6.45, 7) is 1.57. The van der Waals surface area contributed by atoms with Crippen LogP contribution >= 0.6 is 0 Å². The molecule has 0 saturated heterocycles. The van der Waals surface area contributed by atoms with Crippen LogP contribution < -0.4 is 0 Å². The van der Waals surface area contributed by atoms with Gasteiger partial charge in [-0.25, -0.2) is 23.1 Å². The molecule has 28 heavy (non-hydrogen) atoms. The highest BCUT2D eigenvalue weighted by Crippen LogP contribution is 2.32. The molecule has 0 N–H and O–H groups in total. The topological polar surface area (TPSA) is 70.4 Å². The Balaban J connectivity index is 2.43. The lowest BCUT2D eigenvalue weighted by Gasteiger charge is -2.07. The van der Waals surface area contributed by atoms with Gasteiger partial charge in [-0.3, -0.25) is 0 Å². The predicted octanol–water partition coefficient (Wildman–Crippen LogP) is 3.70. The Kier molecular flexibility index (Phi) is 5.21. The van der Waals surface area contributed by atoms with Crippen LogP contribution in [0.25, 0.3) is 16.9 Å². The average molecular weight is 386 g/mol. The Labute approximate surface area is 159 Å². The maximum Gasteiger partial charge on any atom is 0.357 e. The number of halogens is 2. The Morgan fingerprint density at radius 2 is 1.64 bits per heavy atom. The Morgan fingerprint density at radius 1 is 1.00 bits per heavy atom. The first-order valence-electron chi connectivity index (χ1n) is 8.20. The quantitative estimate of drug-likeness (QED) is 0.640. The van der Waals surface area contributed by atoms with Gasteiger partial charge in [0.1, 0.15) is 11.3 Å². The van der Waals surface area contributed by atoms with Gasteiger partial charge in [0.15, 0.2) is 17.3 Å². The van der Waals surface area contributed by atoms with Crippen LogP contribution in [0.15, 0.2) is 42.5 Å². The molecule has 0 unspecified atom stereocenters. The standard InChI is InChI=1S/C20H16F2N2O4/c1-11-9-13(16(22)14(21)10-11)17-15(19(25)27-2)18(20(26)28-3)24(23-17)12-7-5-4-6-8-12/h4-10H,1-3H3. The third-order valence-electron chi connectivity index (χ3n) is 4.08. The minimum atomic E-state index is -1.19. The number of ether oxygens (including phenoxy) is 2. The van der Waals surface area contributed by atoms with E-state index in [0.717, 1.165) is 25.0 Å². The third kappa shape index (κ3) is 3.24. The lowest BCUT2D eigenvalue weighted by Crippen LogP contribution is -2.15. The molecule has 0 amide bonds. The molecular formula is C20H16F2N2O4. The number of hydrogen-bond donors (Lipinski definition) is 0. The van der Waals surface area contributed by atoms with Gasteiger partial charge in [0, 0.05) is 5.56 Å². The molecular weight excluding hydrogens is 370 g/mol. The Bertz CT molecular complexity index is 1060. The van der Waals surface area contributed by atoms with Crippen molar-refractivity contribution in [2.24, 2.45) is 0 Å². The van der Waals surface area contributed by atoms with Gasteiger partial charge in [-0.15, -0.1) is 0 Å². The molecule has 0 bridgehead atoms. The largest absolute Gasteiger partial charge is 0.465 e. The van der Waals surface area contributed by atoms with Gasteiger partial charge in [0.05, 0.1) is 19.9 Å². The molecule has 3 rings (SSSR count). The van der Waals surface area contributed by atoms with Crippen LogP contribution in [-0.4, -0.2) is 35.9 Å². The van der Waals surface area contributed by atoms with Crippen LogP contribution in [0.1, 0.15) is 26.4 Å². The summed E-state index contributed by atoms with van der Waals surface area (Å²) in [5.41, 5.74) is -0.223. The van der Waals surface area contributed by atoms with Crippen molar-refractivity contribution >= 4 is 11.9 Å². The first-order chi connectivity index (χ1) is 13.4. The van der Waals surface area contributed by atoms with E-state index < -0.39 is 23.6 Å². The number of aryl methyl sites for hydroxylation is 1. The molecule has 0 radical (unpaired) electrons. The number of methoxy groups -OCH3 is 2. The molecule has 6 nitrogen and oxygen atoms in total. The molecule has 144 valence electrons. The summed E-state index contributed by atoms with van der Waals surface area (Å²) in [5, 5.41) is 4.24. The van der Waals surface area contributed by atoms with Gasteiger partial charge in [-0.2, -0.15) is 5.10 Å². The number of hydrogen-bond acceptors (Lipinski definition) is 5. The highest BCUT2D eigenvalue weighted by atomic mass is 19.2. The minimum absolute atomic E-state index is 0.226. The minimum Gasteiger partial charge on any atom is -0.465 e. The predicted molar refractivity (Wildman–Crippen MR) is 96.3 cm³/mol. The molecule has 0 saturated carbocycles. The summed E-state index contributed by atoms with van der Waals surface area (Å²) in [6.07, 6.45) is 0. The molecule has 0 aliphatic rings. The Morgan fingerprint density at radius 3 is 2.25 bits per heavy atom. The van der Waals surface area contributed by atoms with E-state index in [1.54, 1.807) is 37.3 Å². The maximum absolute atomic E-state index is 14.5. The fraction of sp³-hybridized carbons (Fsp3) is 0.150. The second-order valence-corrected chi connectivity index (χ2v) is 5.91. The molecule has 0 atom stereocenters. The van der Waals surface area contributed by atoms with E-state index in [1.165, 1.54) is 6.07 Å². The number of carbonyl (C=O) groups is 2. The molecule has 0 aliphatic carbocycles. The van der Waals surface area contributed by atoms with Crippen LogP contribution in [0, 0.1) is 18.6 Å². The van der Waals surface area contributed by atoms with Crippen LogP contribution in [0.4, 0.5) is 8.78 Å². The normalized spacial score (nSPS) is 10.6. The van der Waals surface area contributed by atoms with Gasteiger partial charge in [0.25, 0.3) is 0 Å². The highest BCUT2D eigenvalue weighted by Gasteiger charge is 2.32. The summed E-state index contributed by atoms with van der Waals surface area (Å²) >= 11 is 0. The van der Waals surface area contributed by atoms with Crippen LogP contribution in [0.5, 0.6) is 0 Å². The number of esters is 2. The molecule has 0 fully saturated rings. The zero-order valence-electron chi connectivity index (χ0n) is 15.3. The van der Waals surface area contributed by atoms with Crippen molar-refractivity contribution in [3.05, 3.63) is 70.9 Å². The van der Waals surface area contributed by atoms with Gasteiger partial charge >= 0.3 is 11.9 Å². The number of aromatic nitrogens is 2. The summed E-state index contributed by atoms with van der Waals surface area (Å²) < 4.78 is 39.2. The van der Waals surface area contributed by atoms with Gasteiger partial charge in [0.2, 0.25) is 0 Å². The highest BCUT2D eigenvalue weighted by molar-refractivity contribution is 6.06. The molecule has 0 aliphatic heterocycles. The van der Waals surface area contributed by atoms with Gasteiger partial charge in [-0.1, -0.05) is 18.2 Å². The van der Waals surface area contributed by atoms with Crippen molar-refractivity contribution in [3.8, 4) is 16.9 Å². The molecule has 1 heterocycles. The van der Waals surface area contributed by atoms with Crippen LogP contribution in [0.2, 0.25) is 0 Å². The first-order valence-corrected chi connectivity index (χ1v) is 8.20. The van der Waals surface area contributed by atoms with Crippen molar-refractivity contribution in [1.29, 1.82) is 0 Å². The zero-order valence-corrected chi connectivity index (χ0v) is 15.3. The van der Waals surface area contributed by atoms with E-state index >= 15 is 0 Å². The number of carbonyl (C=O) groups excluding carboxylic acids is 2. The van der Waals surface area contributed by atoms with Gasteiger partial charge in [-0.05, 0) is 36.8 Å². The lowest BCUT2D eigenvalue weighted by molar-refractivity contribution is 0.0549. The van der Waals surface area contributed by atoms with E-state index in [1.807, 2.05) is 0 Å². The van der Waals surface area contributed by atoms with Crippen molar-refractivity contribution in [1.82, 2.24) is 9.78 Å². The van der Waals surface area contributed by atoms with E-state index in [0.29, 0.717) is 11.3 Å². The lowest BCUT2D eigenvalue weighted by atomic mass is 10.0. The molecule has 8 heteroatoms. The molecule has 2 aromatic carbocycles. The molecule has 0 spiro atoms. The van der Waals surface area contributed by atoms with Crippen molar-refractivity contribution in [2.75, 3.05) is 14.2 Å². The number of benzene rings is 2. The van der Waals surface area contributed by atoms with E-state index in [2.05, 4.69) is 5.10 Å². The van der Waals surface area contributed by atoms with Crippen molar-refractivity contribution in [3.63, 3.8) is 0 Å². The van der Waals surface area contributed by atoms with Crippen LogP contribution in [-0.2, 0) is 9.47 Å². The van der Waals surface area contributed by atoms with E-state index in [4.69, 9.17) is 9.47 Å². The SMILES string of the molecule is COC(=O)c1c(-c2cc(C)cc(F)c2F)nn(-c2ccccc2)c1C(=O)OC. The van der Waals surface area contributed by atoms with Crippen LogP contribution in [0.3, 0.4) is 0 Å². The van der Waals surface area contributed by atoms with Crippen molar-refractivity contribution < 1.29 is 27.8 Å². The summed E-state index contributed by atoms with van der Waals surface area (Å²) in [4.78, 5) is 24.9. The monoisotopic (exact) mass is 386 g/mol. The number of rotatable bonds is 4. The van der Waals surface area contributed by atoms with E-state index in [-0.39, 0.29) is 22.5 Å². The number of nitrogens with zero attached hydrogens (tertiary/aromatic N) is 2. The summed E-state index contributed by atoms with van der Waals surface area (Å²) in [7, 11) is 2.25. The van der Waals surface area contributed by atoms with E-state index in [9.17, 15) is 18.4 Å². The fourth-order valence-corrected chi connectivity index (χ4v) is 2.84. The average Bonchev–Trinajstić information content (AvgIpc) is 3.10. The maximum atomic E-state index is 14.5. The smallest absolute Gasteiger partial charge is 0.357 e. The first kappa shape index (κ1) is 19.2. The second-order valence-electron chi connectivity index (χ2n) is 5.91. The fourth-order valence-electron chi connectivity index (χ4n) is 2.84. The number of para-hydroxylation sites is 1. The molecule has 1 aromatic heterocycles. The second kappa shape index (κ2) is 7.59.